The van der Waals surface area contributed by atoms with Gasteiger partial charge in [0.05, 0.1) is 12.5 Å². The number of nitrogens with one attached hydrogen (secondary N) is 1. The summed E-state index contributed by atoms with van der Waals surface area (Å²) in [7, 11) is 1.57. The van der Waals surface area contributed by atoms with Crippen molar-refractivity contribution in [1.82, 2.24) is 4.90 Å². The summed E-state index contributed by atoms with van der Waals surface area (Å²) in [4.78, 5) is 27.0. The van der Waals surface area contributed by atoms with Crippen molar-refractivity contribution >= 4 is 17.5 Å². The number of nitrogens with zero attached hydrogens (tertiary/aromatic N) is 1. The largest absolute Gasteiger partial charge is 0.497 e. The Labute approximate surface area is 157 Å². The fourth-order valence-corrected chi connectivity index (χ4v) is 4.08. The number of aliphatic hydroxyl groups is 1. The van der Waals surface area contributed by atoms with Crippen LogP contribution in [0, 0.1) is 0 Å². The summed E-state index contributed by atoms with van der Waals surface area (Å²) < 4.78 is 5.10. The van der Waals surface area contributed by atoms with Gasteiger partial charge in [0.25, 0.3) is 5.91 Å². The number of amides is 2. The van der Waals surface area contributed by atoms with Crippen molar-refractivity contribution in [3.05, 3.63) is 59.7 Å². The van der Waals surface area contributed by atoms with E-state index in [9.17, 15) is 14.7 Å². The first-order valence-corrected chi connectivity index (χ1v) is 9.07. The first-order chi connectivity index (χ1) is 13.0. The van der Waals surface area contributed by atoms with Gasteiger partial charge in [-0.2, -0.15) is 0 Å². The predicted octanol–water partition coefficient (Wildman–Crippen LogP) is 2.24. The third-order valence-corrected chi connectivity index (χ3v) is 5.72. The maximum Gasteiger partial charge on any atom is 0.256 e. The summed E-state index contributed by atoms with van der Waals surface area (Å²) in [5.74, 6) is 0.345. The molecule has 6 heteroatoms. The lowest BCUT2D eigenvalue weighted by Gasteiger charge is -2.38. The zero-order valence-corrected chi connectivity index (χ0v) is 15.1. The Morgan fingerprint density at radius 3 is 2.48 bits per heavy atom. The molecule has 1 fully saturated rings. The minimum atomic E-state index is -1.21. The van der Waals surface area contributed by atoms with Crippen molar-refractivity contribution in [1.29, 1.82) is 0 Å². The quantitative estimate of drug-likeness (QED) is 0.873. The highest BCUT2D eigenvalue weighted by molar-refractivity contribution is 6.06. The highest BCUT2D eigenvalue weighted by Crippen LogP contribution is 2.44. The molecule has 0 aromatic heterocycles. The molecule has 1 spiro atoms. The van der Waals surface area contributed by atoms with E-state index in [2.05, 4.69) is 5.32 Å². The number of rotatable bonds is 3. The van der Waals surface area contributed by atoms with Gasteiger partial charge < -0.3 is 20.1 Å². The van der Waals surface area contributed by atoms with Crippen LogP contribution in [0.5, 0.6) is 5.75 Å². The molecular formula is C21H22N2O4. The second kappa shape index (κ2) is 6.70. The Bertz CT molecular complexity index is 870. The number of methoxy groups -OCH3 is 1. The zero-order valence-electron chi connectivity index (χ0n) is 15.1. The van der Waals surface area contributed by atoms with E-state index in [1.807, 2.05) is 24.3 Å². The smallest absolute Gasteiger partial charge is 0.256 e. The van der Waals surface area contributed by atoms with Gasteiger partial charge >= 0.3 is 0 Å². The standard InChI is InChI=1S/C21H22N2O4/c1-27-15-8-6-14(7-9-15)18(24)19(25)23-12-10-21(11-13-23)16-4-2-3-5-17(16)22-20(21)26/h2-9,18,24H,10-13H2,1H3,(H,22,26)/t18-/m1/s1. The number of hydrogen-bond donors (Lipinski definition) is 2. The van der Waals surface area contributed by atoms with Crippen LogP contribution in [0.25, 0.3) is 0 Å². The molecule has 27 heavy (non-hydrogen) atoms. The second-order valence-corrected chi connectivity index (χ2v) is 7.08. The van der Waals surface area contributed by atoms with E-state index < -0.39 is 11.5 Å². The van der Waals surface area contributed by atoms with Crippen molar-refractivity contribution in [3.8, 4) is 5.75 Å². The number of likely N-dealkylation sites (tertiary alicyclic amines) is 1. The number of para-hydroxylation sites is 1. The molecule has 140 valence electrons. The topological polar surface area (TPSA) is 78.9 Å². The molecule has 0 radical (unpaired) electrons. The lowest BCUT2D eigenvalue weighted by Crippen LogP contribution is -2.49. The van der Waals surface area contributed by atoms with E-state index in [4.69, 9.17) is 4.74 Å². The van der Waals surface area contributed by atoms with Crippen LogP contribution in [0.15, 0.2) is 48.5 Å². The second-order valence-electron chi connectivity index (χ2n) is 7.08. The molecule has 1 saturated heterocycles. The maximum absolute atomic E-state index is 12.7. The van der Waals surface area contributed by atoms with Crippen LogP contribution in [0.3, 0.4) is 0 Å². The van der Waals surface area contributed by atoms with Crippen molar-refractivity contribution in [2.75, 3.05) is 25.5 Å². The van der Waals surface area contributed by atoms with Crippen LogP contribution >= 0.6 is 0 Å². The van der Waals surface area contributed by atoms with Gasteiger partial charge in [0.1, 0.15) is 5.75 Å². The zero-order chi connectivity index (χ0) is 19.0. The minimum Gasteiger partial charge on any atom is -0.497 e. The molecule has 6 nitrogen and oxygen atoms in total. The van der Waals surface area contributed by atoms with Crippen LogP contribution in [-0.4, -0.2) is 42.0 Å². The van der Waals surface area contributed by atoms with E-state index in [1.165, 1.54) is 0 Å². The number of piperidine rings is 1. The Balaban J connectivity index is 1.47. The molecule has 0 bridgehead atoms. The van der Waals surface area contributed by atoms with Crippen LogP contribution in [0.4, 0.5) is 5.69 Å². The van der Waals surface area contributed by atoms with Crippen LogP contribution in [-0.2, 0) is 15.0 Å². The molecule has 0 unspecified atom stereocenters. The summed E-state index contributed by atoms with van der Waals surface area (Å²) in [6.07, 6.45) is -0.108. The van der Waals surface area contributed by atoms with Crippen molar-refractivity contribution in [2.45, 2.75) is 24.4 Å². The highest BCUT2D eigenvalue weighted by atomic mass is 16.5. The molecule has 0 aliphatic carbocycles. The molecule has 2 aliphatic rings. The molecular weight excluding hydrogens is 344 g/mol. The molecule has 2 N–H and O–H groups in total. The van der Waals surface area contributed by atoms with Gasteiger partial charge in [-0.25, -0.2) is 0 Å². The van der Waals surface area contributed by atoms with Gasteiger partial charge in [0.15, 0.2) is 6.10 Å². The number of carbonyl (C=O) groups excluding carboxylic acids is 2. The van der Waals surface area contributed by atoms with Gasteiger partial charge in [0, 0.05) is 18.8 Å². The Kier molecular flexibility index (Phi) is 4.36. The van der Waals surface area contributed by atoms with E-state index in [1.54, 1.807) is 36.3 Å². The van der Waals surface area contributed by atoms with Crippen molar-refractivity contribution < 1.29 is 19.4 Å². The van der Waals surface area contributed by atoms with Crippen molar-refractivity contribution in [2.24, 2.45) is 0 Å². The number of hydrogen-bond acceptors (Lipinski definition) is 4. The summed E-state index contributed by atoms with van der Waals surface area (Å²) >= 11 is 0. The number of benzene rings is 2. The van der Waals surface area contributed by atoms with Gasteiger partial charge in [-0.1, -0.05) is 30.3 Å². The van der Waals surface area contributed by atoms with Crippen LogP contribution in [0.1, 0.15) is 30.1 Å². The Morgan fingerprint density at radius 1 is 1.15 bits per heavy atom. The van der Waals surface area contributed by atoms with Crippen molar-refractivity contribution in [3.63, 3.8) is 0 Å². The lowest BCUT2D eigenvalue weighted by molar-refractivity contribution is -0.143. The summed E-state index contributed by atoms with van der Waals surface area (Å²) in [6, 6.07) is 14.5. The minimum absolute atomic E-state index is 0.00602. The number of aliphatic hydroxyl groups excluding tert-OH is 1. The molecule has 2 amide bonds. The Morgan fingerprint density at radius 2 is 1.81 bits per heavy atom. The average molecular weight is 366 g/mol. The molecule has 2 aromatic rings. The molecule has 0 saturated carbocycles. The van der Waals surface area contributed by atoms with Gasteiger partial charge in [-0.15, -0.1) is 0 Å². The van der Waals surface area contributed by atoms with E-state index in [0.29, 0.717) is 37.2 Å². The normalized spacial score (nSPS) is 18.7. The third kappa shape index (κ3) is 2.86. The molecule has 4 rings (SSSR count). The average Bonchev–Trinajstić information content (AvgIpc) is 2.99. The maximum atomic E-state index is 12.7. The van der Waals surface area contributed by atoms with Crippen LogP contribution < -0.4 is 10.1 Å². The fourth-order valence-electron chi connectivity index (χ4n) is 4.08. The molecule has 2 aliphatic heterocycles. The summed E-state index contributed by atoms with van der Waals surface area (Å²) in [5.41, 5.74) is 1.83. The molecule has 1 atom stereocenters. The first-order valence-electron chi connectivity index (χ1n) is 9.07. The number of fused-ring (bicyclic) bond motifs is 2. The number of anilines is 1. The summed E-state index contributed by atoms with van der Waals surface area (Å²) in [5, 5.41) is 13.4. The third-order valence-electron chi connectivity index (χ3n) is 5.72. The van der Waals surface area contributed by atoms with E-state index >= 15 is 0 Å². The highest BCUT2D eigenvalue weighted by Gasteiger charge is 2.49. The van der Waals surface area contributed by atoms with E-state index in [0.717, 1.165) is 11.3 Å². The van der Waals surface area contributed by atoms with Gasteiger partial charge in [-0.3, -0.25) is 9.59 Å². The first kappa shape index (κ1) is 17.5. The SMILES string of the molecule is COc1ccc([C@@H](O)C(=O)N2CCC3(CC2)C(=O)Nc2ccccc23)cc1. The van der Waals surface area contributed by atoms with Gasteiger partial charge in [-0.05, 0) is 42.2 Å². The monoisotopic (exact) mass is 366 g/mol. The van der Waals surface area contributed by atoms with Gasteiger partial charge in [0.2, 0.25) is 5.91 Å². The molecule has 2 aromatic carbocycles. The van der Waals surface area contributed by atoms with Crippen LogP contribution in [0.2, 0.25) is 0 Å². The predicted molar refractivity (Wildman–Crippen MR) is 101 cm³/mol. The number of carbonyl (C=O) groups is 2. The number of ether oxygens (including phenoxy) is 1. The summed E-state index contributed by atoms with van der Waals surface area (Å²) in [6.45, 7) is 0.877. The van der Waals surface area contributed by atoms with E-state index in [-0.39, 0.29) is 11.8 Å². The fraction of sp³-hybridized carbons (Fsp3) is 0.333. The lowest BCUT2D eigenvalue weighted by atomic mass is 9.73. The Hall–Kier alpha value is -2.86. The molecule has 2 heterocycles.